The minimum absolute atomic E-state index is 0.0707. The molecule has 0 saturated carbocycles. The molecule has 2 aromatic rings. The van der Waals surface area contributed by atoms with Gasteiger partial charge in [0.25, 0.3) is 5.91 Å². The van der Waals surface area contributed by atoms with E-state index >= 15 is 0 Å². The zero-order valence-corrected chi connectivity index (χ0v) is 10.5. The van der Waals surface area contributed by atoms with Crippen molar-refractivity contribution in [1.29, 1.82) is 0 Å². The molecule has 90 valence electrons. The molecule has 0 aromatic carbocycles. The molecule has 0 spiro atoms. The minimum Gasteiger partial charge on any atom is -0.342 e. The monoisotopic (exact) mass is 250 g/mol. The van der Waals surface area contributed by atoms with Gasteiger partial charge in [-0.05, 0) is 25.5 Å². The normalized spacial score (nSPS) is 12.4. The lowest BCUT2D eigenvalue weighted by atomic mass is 10.3. The fraction of sp³-hybridized carbons (Fsp3) is 0.364. The van der Waals surface area contributed by atoms with Gasteiger partial charge in [-0.25, -0.2) is 4.98 Å². The number of rotatable bonds is 4. The van der Waals surface area contributed by atoms with Crippen molar-refractivity contribution in [2.45, 2.75) is 26.3 Å². The second kappa shape index (κ2) is 5.09. The number of nitrogens with one attached hydrogen (secondary N) is 2. The van der Waals surface area contributed by atoms with E-state index in [1.54, 1.807) is 0 Å². The third-order valence-corrected chi connectivity index (χ3v) is 3.65. The summed E-state index contributed by atoms with van der Waals surface area (Å²) in [6, 6.07) is 3.67. The van der Waals surface area contributed by atoms with E-state index in [1.165, 1.54) is 22.5 Å². The molecular formula is C11H14N4OS. The van der Waals surface area contributed by atoms with Crippen LogP contribution in [0.3, 0.4) is 0 Å². The summed E-state index contributed by atoms with van der Waals surface area (Å²) in [5.41, 5.74) is 0. The summed E-state index contributed by atoms with van der Waals surface area (Å²) in [5, 5.41) is 9.37. The summed E-state index contributed by atoms with van der Waals surface area (Å²) in [4.78, 5) is 17.9. The van der Waals surface area contributed by atoms with Gasteiger partial charge < -0.3 is 5.32 Å². The molecule has 6 heteroatoms. The maximum absolute atomic E-state index is 11.9. The Morgan fingerprint density at radius 2 is 2.41 bits per heavy atom. The number of aromatic amines is 1. The van der Waals surface area contributed by atoms with Gasteiger partial charge in [0.05, 0.1) is 10.9 Å². The van der Waals surface area contributed by atoms with E-state index in [-0.39, 0.29) is 11.9 Å². The lowest BCUT2D eigenvalue weighted by Crippen LogP contribution is -2.26. The Bertz CT molecular complexity index is 491. The van der Waals surface area contributed by atoms with Gasteiger partial charge in [0.1, 0.15) is 12.2 Å². The highest BCUT2D eigenvalue weighted by Crippen LogP contribution is 2.17. The van der Waals surface area contributed by atoms with Crippen LogP contribution in [-0.2, 0) is 6.42 Å². The van der Waals surface area contributed by atoms with E-state index in [0.717, 1.165) is 11.3 Å². The van der Waals surface area contributed by atoms with Crippen molar-refractivity contribution in [1.82, 2.24) is 20.5 Å². The van der Waals surface area contributed by atoms with Crippen LogP contribution in [0.4, 0.5) is 0 Å². The average molecular weight is 250 g/mol. The Balaban J connectivity index is 2.01. The summed E-state index contributed by atoms with van der Waals surface area (Å²) in [7, 11) is 0. The Morgan fingerprint density at radius 3 is 3.00 bits per heavy atom. The molecule has 2 aromatic heterocycles. The van der Waals surface area contributed by atoms with Crippen molar-refractivity contribution in [3.05, 3.63) is 34.0 Å². The first kappa shape index (κ1) is 11.8. The van der Waals surface area contributed by atoms with E-state index in [1.807, 2.05) is 19.1 Å². The zero-order chi connectivity index (χ0) is 12.3. The van der Waals surface area contributed by atoms with E-state index in [4.69, 9.17) is 0 Å². The number of amides is 1. The fourth-order valence-electron chi connectivity index (χ4n) is 1.45. The van der Waals surface area contributed by atoms with E-state index < -0.39 is 0 Å². The van der Waals surface area contributed by atoms with Crippen molar-refractivity contribution < 1.29 is 4.79 Å². The van der Waals surface area contributed by atoms with Crippen LogP contribution in [0.15, 0.2) is 18.5 Å². The molecule has 0 radical (unpaired) electrons. The predicted molar refractivity (Wildman–Crippen MR) is 66.0 cm³/mol. The van der Waals surface area contributed by atoms with Gasteiger partial charge >= 0.3 is 0 Å². The first-order valence-electron chi connectivity index (χ1n) is 5.45. The molecule has 0 saturated heterocycles. The number of aryl methyl sites for hydroxylation is 1. The molecule has 0 aliphatic heterocycles. The Morgan fingerprint density at radius 1 is 1.59 bits per heavy atom. The number of hydrogen-bond donors (Lipinski definition) is 2. The van der Waals surface area contributed by atoms with Gasteiger partial charge in [0.15, 0.2) is 0 Å². The van der Waals surface area contributed by atoms with Crippen molar-refractivity contribution >= 4 is 17.2 Å². The van der Waals surface area contributed by atoms with E-state index in [9.17, 15) is 4.79 Å². The Labute approximate surface area is 103 Å². The Hall–Kier alpha value is -1.69. The number of thiophene rings is 1. The molecule has 17 heavy (non-hydrogen) atoms. The van der Waals surface area contributed by atoms with Crippen LogP contribution in [-0.4, -0.2) is 21.1 Å². The number of nitrogens with zero attached hydrogens (tertiary/aromatic N) is 2. The third-order valence-electron chi connectivity index (χ3n) is 2.43. The van der Waals surface area contributed by atoms with Crippen molar-refractivity contribution in [3.8, 4) is 0 Å². The van der Waals surface area contributed by atoms with Crippen LogP contribution >= 0.6 is 11.3 Å². The third kappa shape index (κ3) is 2.71. The van der Waals surface area contributed by atoms with Crippen molar-refractivity contribution in [3.63, 3.8) is 0 Å². The van der Waals surface area contributed by atoms with Crippen LogP contribution < -0.4 is 5.32 Å². The molecule has 5 nitrogen and oxygen atoms in total. The maximum Gasteiger partial charge on any atom is 0.261 e. The fourth-order valence-corrected chi connectivity index (χ4v) is 2.30. The first-order chi connectivity index (χ1) is 8.20. The highest BCUT2D eigenvalue weighted by atomic mass is 32.1. The van der Waals surface area contributed by atoms with Crippen LogP contribution in [0.25, 0.3) is 0 Å². The van der Waals surface area contributed by atoms with Crippen LogP contribution in [0.2, 0.25) is 0 Å². The first-order valence-corrected chi connectivity index (χ1v) is 6.27. The average Bonchev–Trinajstić information content (AvgIpc) is 3.00. The largest absolute Gasteiger partial charge is 0.342 e. The quantitative estimate of drug-likeness (QED) is 0.871. The van der Waals surface area contributed by atoms with Gasteiger partial charge in [-0.3, -0.25) is 9.89 Å². The van der Waals surface area contributed by atoms with Crippen molar-refractivity contribution in [2.75, 3.05) is 0 Å². The molecule has 1 atom stereocenters. The molecule has 0 bridgehead atoms. The molecule has 2 N–H and O–H groups in total. The number of H-pyrrole nitrogens is 1. The Kier molecular flexibility index (Phi) is 3.53. The van der Waals surface area contributed by atoms with Gasteiger partial charge in [0, 0.05) is 4.88 Å². The van der Waals surface area contributed by atoms with Crippen molar-refractivity contribution in [2.24, 2.45) is 0 Å². The lowest BCUT2D eigenvalue weighted by molar-refractivity contribution is 0.0942. The van der Waals surface area contributed by atoms with E-state index in [2.05, 4.69) is 27.4 Å². The molecule has 0 fully saturated rings. The van der Waals surface area contributed by atoms with Gasteiger partial charge in [0.2, 0.25) is 0 Å². The number of aromatic nitrogens is 3. The zero-order valence-electron chi connectivity index (χ0n) is 9.73. The number of hydrogen-bond acceptors (Lipinski definition) is 4. The topological polar surface area (TPSA) is 70.7 Å². The highest BCUT2D eigenvalue weighted by Gasteiger charge is 2.14. The smallest absolute Gasteiger partial charge is 0.261 e. The number of carbonyl (C=O) groups is 1. The summed E-state index contributed by atoms with van der Waals surface area (Å²) in [6.45, 7) is 3.94. The summed E-state index contributed by atoms with van der Waals surface area (Å²) in [6.07, 6.45) is 2.38. The van der Waals surface area contributed by atoms with Gasteiger partial charge in [-0.2, -0.15) is 5.10 Å². The molecule has 0 aliphatic carbocycles. The summed E-state index contributed by atoms with van der Waals surface area (Å²) < 4.78 is 0. The second-order valence-corrected chi connectivity index (χ2v) is 4.85. The lowest BCUT2D eigenvalue weighted by Gasteiger charge is -2.09. The molecule has 1 unspecified atom stereocenters. The second-order valence-electron chi connectivity index (χ2n) is 3.69. The molecule has 2 heterocycles. The van der Waals surface area contributed by atoms with Crippen LogP contribution in [0.5, 0.6) is 0 Å². The highest BCUT2D eigenvalue weighted by molar-refractivity contribution is 7.14. The molecule has 2 rings (SSSR count). The van der Waals surface area contributed by atoms with Crippen LogP contribution in [0, 0.1) is 0 Å². The molecule has 1 amide bonds. The van der Waals surface area contributed by atoms with E-state index in [0.29, 0.717) is 5.82 Å². The predicted octanol–water partition coefficient (Wildman–Crippen LogP) is 1.92. The number of carbonyl (C=O) groups excluding carboxylic acids is 1. The maximum atomic E-state index is 11.9. The standard InChI is InChI=1S/C11H14N4OS/c1-3-8-4-5-9(17-8)11(16)14-7(2)10-12-6-13-15-10/h4-7H,3H2,1-2H3,(H,14,16)(H,12,13,15). The minimum atomic E-state index is -0.169. The summed E-state index contributed by atoms with van der Waals surface area (Å²) >= 11 is 1.52. The molecular weight excluding hydrogens is 236 g/mol. The SMILES string of the molecule is CCc1ccc(C(=O)NC(C)c2ncn[nH]2)s1. The van der Waals surface area contributed by atoms with Gasteiger partial charge in [-0.15, -0.1) is 11.3 Å². The summed E-state index contributed by atoms with van der Waals surface area (Å²) in [5.74, 6) is 0.587. The van der Waals surface area contributed by atoms with Gasteiger partial charge in [-0.1, -0.05) is 6.92 Å². The molecule has 0 aliphatic rings. The van der Waals surface area contributed by atoms with Crippen LogP contribution in [0.1, 0.15) is 40.3 Å².